The van der Waals surface area contributed by atoms with Crippen LogP contribution >= 0.6 is 0 Å². The molecular formula is C10H19NO2. The first-order valence-corrected chi connectivity index (χ1v) is 5.17. The van der Waals surface area contributed by atoms with Crippen LogP contribution in [0.1, 0.15) is 26.7 Å². The summed E-state index contributed by atoms with van der Waals surface area (Å²) in [6.07, 6.45) is 2.15. The Morgan fingerprint density at radius 2 is 2.31 bits per heavy atom. The molecule has 0 aromatic rings. The van der Waals surface area contributed by atoms with Gasteiger partial charge in [0.2, 0.25) is 0 Å². The third kappa shape index (κ3) is 1.49. The summed E-state index contributed by atoms with van der Waals surface area (Å²) in [4.78, 5) is 2.44. The fourth-order valence-corrected chi connectivity index (χ4v) is 2.69. The zero-order chi connectivity index (χ0) is 9.47. The standard InChI is InChI=1S/C10H19NO2/c1-10(2)11-5-3-8(4-6-12)9(11)7-13-10/h8-9,12H,3-7H2,1-2H3/t8-,9-/m1/s1. The molecule has 2 aliphatic rings. The Hall–Kier alpha value is -0.120. The molecule has 0 aromatic carbocycles. The average Bonchev–Trinajstić information content (AvgIpc) is 2.57. The van der Waals surface area contributed by atoms with Crippen LogP contribution in [0.25, 0.3) is 0 Å². The van der Waals surface area contributed by atoms with Gasteiger partial charge in [0.05, 0.1) is 6.61 Å². The second-order valence-corrected chi connectivity index (χ2v) is 4.58. The van der Waals surface area contributed by atoms with Crippen LogP contribution in [0.3, 0.4) is 0 Å². The second-order valence-electron chi connectivity index (χ2n) is 4.58. The molecule has 0 saturated carbocycles. The molecule has 1 N–H and O–H groups in total. The zero-order valence-electron chi connectivity index (χ0n) is 8.49. The van der Waals surface area contributed by atoms with Gasteiger partial charge < -0.3 is 9.84 Å². The van der Waals surface area contributed by atoms with Crippen molar-refractivity contribution in [1.82, 2.24) is 4.90 Å². The van der Waals surface area contributed by atoms with E-state index in [-0.39, 0.29) is 5.72 Å². The lowest BCUT2D eigenvalue weighted by Crippen LogP contribution is -2.41. The highest BCUT2D eigenvalue weighted by Gasteiger charge is 2.47. The first kappa shape index (κ1) is 9.44. The number of aliphatic hydroxyl groups excluding tert-OH is 1. The van der Waals surface area contributed by atoms with E-state index in [0.717, 1.165) is 19.6 Å². The molecule has 0 spiro atoms. The van der Waals surface area contributed by atoms with Crippen LogP contribution in [0, 0.1) is 5.92 Å². The smallest absolute Gasteiger partial charge is 0.116 e. The van der Waals surface area contributed by atoms with E-state index in [1.165, 1.54) is 6.42 Å². The first-order chi connectivity index (χ1) is 6.15. The van der Waals surface area contributed by atoms with Crippen molar-refractivity contribution >= 4 is 0 Å². The summed E-state index contributed by atoms with van der Waals surface area (Å²) in [6.45, 7) is 6.55. The van der Waals surface area contributed by atoms with Gasteiger partial charge in [0.1, 0.15) is 5.72 Å². The highest BCUT2D eigenvalue weighted by atomic mass is 16.5. The summed E-state index contributed by atoms with van der Waals surface area (Å²) >= 11 is 0. The van der Waals surface area contributed by atoms with Gasteiger partial charge in [-0.15, -0.1) is 0 Å². The maximum atomic E-state index is 8.92. The van der Waals surface area contributed by atoms with Crippen molar-refractivity contribution in [2.24, 2.45) is 5.92 Å². The normalized spacial score (nSPS) is 38.1. The third-order valence-corrected chi connectivity index (χ3v) is 3.48. The van der Waals surface area contributed by atoms with Crippen LogP contribution in [0.15, 0.2) is 0 Å². The van der Waals surface area contributed by atoms with E-state index in [0.29, 0.717) is 18.6 Å². The number of hydrogen-bond acceptors (Lipinski definition) is 3. The van der Waals surface area contributed by atoms with Crippen molar-refractivity contribution < 1.29 is 9.84 Å². The van der Waals surface area contributed by atoms with Gasteiger partial charge in [-0.05, 0) is 32.6 Å². The highest BCUT2D eigenvalue weighted by molar-refractivity contribution is 4.95. The lowest BCUT2D eigenvalue weighted by atomic mass is 9.98. The van der Waals surface area contributed by atoms with Crippen molar-refractivity contribution in [3.63, 3.8) is 0 Å². The molecule has 0 radical (unpaired) electrons. The summed E-state index contributed by atoms with van der Waals surface area (Å²) in [5, 5.41) is 8.92. The van der Waals surface area contributed by atoms with E-state index >= 15 is 0 Å². The van der Waals surface area contributed by atoms with Gasteiger partial charge in [0.25, 0.3) is 0 Å². The lowest BCUT2D eigenvalue weighted by Gasteiger charge is -2.29. The van der Waals surface area contributed by atoms with Gasteiger partial charge in [-0.25, -0.2) is 0 Å². The Labute approximate surface area is 79.7 Å². The fourth-order valence-electron chi connectivity index (χ4n) is 2.69. The van der Waals surface area contributed by atoms with Gasteiger partial charge in [-0.2, -0.15) is 0 Å². The number of ether oxygens (including phenoxy) is 1. The minimum absolute atomic E-state index is 0.0745. The molecule has 0 aliphatic carbocycles. The maximum Gasteiger partial charge on any atom is 0.116 e. The second kappa shape index (κ2) is 3.23. The number of aliphatic hydroxyl groups is 1. The Balaban J connectivity index is 2.03. The van der Waals surface area contributed by atoms with Crippen molar-refractivity contribution in [3.8, 4) is 0 Å². The Morgan fingerprint density at radius 3 is 3.00 bits per heavy atom. The molecule has 0 bridgehead atoms. The van der Waals surface area contributed by atoms with E-state index < -0.39 is 0 Å². The van der Waals surface area contributed by atoms with Crippen LogP contribution in [0.2, 0.25) is 0 Å². The molecule has 0 unspecified atom stereocenters. The zero-order valence-corrected chi connectivity index (χ0v) is 8.49. The Kier molecular flexibility index (Phi) is 2.34. The predicted molar refractivity (Wildman–Crippen MR) is 50.3 cm³/mol. The largest absolute Gasteiger partial charge is 0.396 e. The van der Waals surface area contributed by atoms with Crippen molar-refractivity contribution in [3.05, 3.63) is 0 Å². The average molecular weight is 185 g/mol. The van der Waals surface area contributed by atoms with Crippen LogP contribution in [-0.2, 0) is 4.74 Å². The van der Waals surface area contributed by atoms with E-state index in [1.54, 1.807) is 0 Å². The van der Waals surface area contributed by atoms with Crippen molar-refractivity contribution in [1.29, 1.82) is 0 Å². The summed E-state index contributed by atoms with van der Waals surface area (Å²) in [5.74, 6) is 0.645. The Bertz CT molecular complexity index is 193. The molecule has 3 heteroatoms. The summed E-state index contributed by atoms with van der Waals surface area (Å²) in [5.41, 5.74) is -0.0745. The number of fused-ring (bicyclic) bond motifs is 1. The molecule has 2 saturated heterocycles. The number of rotatable bonds is 2. The molecule has 0 amide bonds. The molecule has 2 aliphatic heterocycles. The number of hydrogen-bond donors (Lipinski definition) is 1. The van der Waals surface area contributed by atoms with Crippen LogP contribution in [0.5, 0.6) is 0 Å². The van der Waals surface area contributed by atoms with Gasteiger partial charge in [-0.3, -0.25) is 4.90 Å². The third-order valence-electron chi connectivity index (χ3n) is 3.48. The van der Waals surface area contributed by atoms with Gasteiger partial charge in [0.15, 0.2) is 0 Å². The van der Waals surface area contributed by atoms with E-state index in [2.05, 4.69) is 18.7 Å². The van der Waals surface area contributed by atoms with Crippen molar-refractivity contribution in [2.45, 2.75) is 38.5 Å². The highest BCUT2D eigenvalue weighted by Crippen LogP contribution is 2.38. The molecule has 0 aromatic heterocycles. The molecule has 2 rings (SSSR count). The van der Waals surface area contributed by atoms with Crippen LogP contribution in [-0.4, -0.2) is 41.5 Å². The molecule has 3 nitrogen and oxygen atoms in total. The SMILES string of the molecule is CC1(C)OC[C@@H]2[C@@H](CCO)CCN21. The topological polar surface area (TPSA) is 32.7 Å². The van der Waals surface area contributed by atoms with Gasteiger partial charge in [-0.1, -0.05) is 0 Å². The lowest BCUT2D eigenvalue weighted by molar-refractivity contribution is -0.0478. The summed E-state index contributed by atoms with van der Waals surface area (Å²) in [7, 11) is 0. The van der Waals surface area contributed by atoms with E-state index in [1.807, 2.05) is 0 Å². The minimum Gasteiger partial charge on any atom is -0.396 e. The monoisotopic (exact) mass is 185 g/mol. The molecule has 76 valence electrons. The quantitative estimate of drug-likeness (QED) is 0.691. The molecule has 2 atom stereocenters. The molecule has 13 heavy (non-hydrogen) atoms. The minimum atomic E-state index is -0.0745. The van der Waals surface area contributed by atoms with E-state index in [9.17, 15) is 0 Å². The van der Waals surface area contributed by atoms with Crippen molar-refractivity contribution in [2.75, 3.05) is 19.8 Å². The van der Waals surface area contributed by atoms with Crippen LogP contribution in [0.4, 0.5) is 0 Å². The van der Waals surface area contributed by atoms with E-state index in [4.69, 9.17) is 9.84 Å². The summed E-state index contributed by atoms with van der Waals surface area (Å²) in [6, 6.07) is 0.558. The first-order valence-electron chi connectivity index (χ1n) is 5.17. The predicted octanol–water partition coefficient (Wildman–Crippen LogP) is 0.826. The van der Waals surface area contributed by atoms with Crippen LogP contribution < -0.4 is 0 Å². The van der Waals surface area contributed by atoms with Gasteiger partial charge in [0, 0.05) is 19.2 Å². The number of nitrogens with zero attached hydrogens (tertiary/aromatic N) is 1. The fraction of sp³-hybridized carbons (Fsp3) is 1.00. The van der Waals surface area contributed by atoms with Gasteiger partial charge >= 0.3 is 0 Å². The maximum absolute atomic E-state index is 8.92. The molecular weight excluding hydrogens is 166 g/mol. The summed E-state index contributed by atoms with van der Waals surface area (Å²) < 4.78 is 5.73. The molecule has 2 fully saturated rings. The Morgan fingerprint density at radius 1 is 1.54 bits per heavy atom. The molecule has 2 heterocycles.